The van der Waals surface area contributed by atoms with Gasteiger partial charge in [0.25, 0.3) is 0 Å². The minimum Gasteiger partial charge on any atom is -0.458 e. The smallest absolute Gasteiger partial charge is 0.417 e. The van der Waals surface area contributed by atoms with Crippen molar-refractivity contribution in [3.8, 4) is 0 Å². The number of ether oxygens (including phenoxy) is 2. The molecule has 4 nitrogen and oxygen atoms in total. The average Bonchev–Trinajstić information content (AvgIpc) is 2.28. The molecular formula is C13H22O4. The van der Waals surface area contributed by atoms with Crippen LogP contribution < -0.4 is 0 Å². The molecule has 98 valence electrons. The highest BCUT2D eigenvalue weighted by atomic mass is 16.6. The number of hydrogen-bond acceptors (Lipinski definition) is 4. The molecule has 0 saturated carbocycles. The van der Waals surface area contributed by atoms with Gasteiger partial charge in [-0.25, -0.2) is 9.59 Å². The van der Waals surface area contributed by atoms with Crippen LogP contribution in [-0.2, 0) is 19.1 Å². The highest BCUT2D eigenvalue weighted by molar-refractivity contribution is 6.29. The summed E-state index contributed by atoms with van der Waals surface area (Å²) < 4.78 is 9.33. The number of hydrogen-bond donors (Lipinski definition) is 0. The largest absolute Gasteiger partial charge is 0.458 e. The van der Waals surface area contributed by atoms with E-state index in [1.807, 2.05) is 6.92 Å². The first-order chi connectivity index (χ1) is 8.01. The van der Waals surface area contributed by atoms with E-state index in [9.17, 15) is 9.59 Å². The molecule has 0 aliphatic carbocycles. The predicted octanol–water partition coefficient (Wildman–Crippen LogP) is 2.48. The highest BCUT2D eigenvalue weighted by Crippen LogP contribution is 2.14. The van der Waals surface area contributed by atoms with Gasteiger partial charge in [-0.3, -0.25) is 0 Å². The standard InChI is InChI=1S/C13H22O4/c1-5-10(3)9-11(4)7-8-17-13(15)12(14)16-6-2/h5,11H,6-9H2,1-4H3. The molecule has 1 atom stereocenters. The molecule has 0 heterocycles. The van der Waals surface area contributed by atoms with Gasteiger partial charge < -0.3 is 9.47 Å². The van der Waals surface area contributed by atoms with Crippen LogP contribution in [0.1, 0.15) is 40.5 Å². The third-order valence-electron chi connectivity index (χ3n) is 2.45. The number of allylic oxidation sites excluding steroid dienone is 2. The van der Waals surface area contributed by atoms with E-state index in [1.165, 1.54) is 5.57 Å². The topological polar surface area (TPSA) is 52.6 Å². The first kappa shape index (κ1) is 15.7. The summed E-state index contributed by atoms with van der Waals surface area (Å²) >= 11 is 0. The summed E-state index contributed by atoms with van der Waals surface area (Å²) in [7, 11) is 0. The van der Waals surface area contributed by atoms with Crippen molar-refractivity contribution in [1.29, 1.82) is 0 Å². The zero-order valence-electron chi connectivity index (χ0n) is 11.1. The summed E-state index contributed by atoms with van der Waals surface area (Å²) in [5, 5.41) is 0. The van der Waals surface area contributed by atoms with Gasteiger partial charge in [-0.15, -0.1) is 0 Å². The van der Waals surface area contributed by atoms with Crippen LogP contribution in [-0.4, -0.2) is 25.2 Å². The van der Waals surface area contributed by atoms with Crippen LogP contribution in [0.5, 0.6) is 0 Å². The zero-order valence-corrected chi connectivity index (χ0v) is 11.1. The molecule has 0 aromatic heterocycles. The maximum atomic E-state index is 11.1. The maximum absolute atomic E-state index is 11.1. The van der Waals surface area contributed by atoms with E-state index in [0.717, 1.165) is 12.8 Å². The van der Waals surface area contributed by atoms with Crippen molar-refractivity contribution in [2.24, 2.45) is 5.92 Å². The SMILES string of the molecule is CC=C(C)CC(C)CCOC(=O)C(=O)OCC. The molecule has 0 aromatic rings. The molecule has 17 heavy (non-hydrogen) atoms. The molecule has 0 amide bonds. The van der Waals surface area contributed by atoms with Crippen molar-refractivity contribution in [3.63, 3.8) is 0 Å². The van der Waals surface area contributed by atoms with E-state index < -0.39 is 11.9 Å². The van der Waals surface area contributed by atoms with E-state index in [4.69, 9.17) is 4.74 Å². The fourth-order valence-corrected chi connectivity index (χ4v) is 1.37. The third-order valence-corrected chi connectivity index (χ3v) is 2.45. The number of carbonyl (C=O) groups excluding carboxylic acids is 2. The summed E-state index contributed by atoms with van der Waals surface area (Å²) in [5.41, 5.74) is 1.31. The van der Waals surface area contributed by atoms with Crippen molar-refractivity contribution in [3.05, 3.63) is 11.6 Å². The summed E-state index contributed by atoms with van der Waals surface area (Å²) in [6.07, 6.45) is 3.80. The predicted molar refractivity (Wildman–Crippen MR) is 65.4 cm³/mol. The molecule has 0 spiro atoms. The Bertz CT molecular complexity index is 281. The second kappa shape index (κ2) is 8.79. The Morgan fingerprint density at radius 3 is 2.35 bits per heavy atom. The molecule has 0 aliphatic rings. The van der Waals surface area contributed by atoms with Crippen molar-refractivity contribution < 1.29 is 19.1 Å². The molecule has 4 heteroatoms. The summed E-state index contributed by atoms with van der Waals surface area (Å²) in [4.78, 5) is 22.0. The van der Waals surface area contributed by atoms with Crippen LogP contribution in [0.4, 0.5) is 0 Å². The van der Waals surface area contributed by atoms with Crippen LogP contribution >= 0.6 is 0 Å². The van der Waals surface area contributed by atoms with Gasteiger partial charge in [0.05, 0.1) is 13.2 Å². The first-order valence-electron chi connectivity index (χ1n) is 5.96. The van der Waals surface area contributed by atoms with Gasteiger partial charge in [-0.2, -0.15) is 0 Å². The monoisotopic (exact) mass is 242 g/mol. The lowest BCUT2D eigenvalue weighted by Gasteiger charge is -2.11. The Morgan fingerprint density at radius 2 is 1.82 bits per heavy atom. The Morgan fingerprint density at radius 1 is 1.24 bits per heavy atom. The van der Waals surface area contributed by atoms with E-state index >= 15 is 0 Å². The van der Waals surface area contributed by atoms with Crippen molar-refractivity contribution in [2.45, 2.75) is 40.5 Å². The lowest BCUT2D eigenvalue weighted by Crippen LogP contribution is -2.21. The van der Waals surface area contributed by atoms with Crippen LogP contribution in [0.15, 0.2) is 11.6 Å². The molecule has 0 saturated heterocycles. The van der Waals surface area contributed by atoms with Crippen molar-refractivity contribution in [2.75, 3.05) is 13.2 Å². The molecule has 0 radical (unpaired) electrons. The Labute approximate surface area is 103 Å². The maximum Gasteiger partial charge on any atom is 0.417 e. The summed E-state index contributed by atoms with van der Waals surface area (Å²) in [6.45, 7) is 8.25. The molecule has 0 rings (SSSR count). The molecule has 0 bridgehead atoms. The third kappa shape index (κ3) is 7.55. The Hall–Kier alpha value is -1.32. The number of esters is 2. The Balaban J connectivity index is 3.76. The fourth-order valence-electron chi connectivity index (χ4n) is 1.37. The minimum atomic E-state index is -0.912. The quantitative estimate of drug-likeness (QED) is 0.408. The lowest BCUT2D eigenvalue weighted by atomic mass is 9.99. The fraction of sp³-hybridized carbons (Fsp3) is 0.692. The minimum absolute atomic E-state index is 0.185. The second-order valence-corrected chi connectivity index (χ2v) is 4.09. The molecule has 1 unspecified atom stereocenters. The van der Waals surface area contributed by atoms with Gasteiger partial charge in [0, 0.05) is 0 Å². The number of rotatable bonds is 6. The number of carbonyl (C=O) groups is 2. The van der Waals surface area contributed by atoms with Crippen LogP contribution in [0, 0.1) is 5.92 Å². The van der Waals surface area contributed by atoms with Gasteiger partial charge in [0.15, 0.2) is 0 Å². The lowest BCUT2D eigenvalue weighted by molar-refractivity contribution is -0.167. The first-order valence-corrected chi connectivity index (χ1v) is 5.96. The van der Waals surface area contributed by atoms with Gasteiger partial charge >= 0.3 is 11.9 Å². The molecule has 0 fully saturated rings. The summed E-state index contributed by atoms with van der Waals surface area (Å²) in [5.74, 6) is -1.38. The van der Waals surface area contributed by atoms with Gasteiger partial charge in [0.2, 0.25) is 0 Å². The van der Waals surface area contributed by atoms with E-state index in [1.54, 1.807) is 6.92 Å². The van der Waals surface area contributed by atoms with Crippen molar-refractivity contribution in [1.82, 2.24) is 0 Å². The van der Waals surface area contributed by atoms with Gasteiger partial charge in [0.1, 0.15) is 0 Å². The zero-order chi connectivity index (χ0) is 13.3. The average molecular weight is 242 g/mol. The molecule has 0 aliphatic heterocycles. The van der Waals surface area contributed by atoms with Crippen molar-refractivity contribution >= 4 is 11.9 Å². The van der Waals surface area contributed by atoms with Crippen LogP contribution in [0.2, 0.25) is 0 Å². The molecule has 0 N–H and O–H groups in total. The van der Waals surface area contributed by atoms with E-state index in [0.29, 0.717) is 5.92 Å². The molecule has 0 aromatic carbocycles. The Kier molecular flexibility index (Phi) is 8.11. The van der Waals surface area contributed by atoms with E-state index in [2.05, 4.69) is 24.7 Å². The normalized spacial score (nSPS) is 13.1. The van der Waals surface area contributed by atoms with Gasteiger partial charge in [-0.05, 0) is 39.5 Å². The van der Waals surface area contributed by atoms with Crippen LogP contribution in [0.3, 0.4) is 0 Å². The second-order valence-electron chi connectivity index (χ2n) is 4.09. The van der Waals surface area contributed by atoms with E-state index in [-0.39, 0.29) is 13.2 Å². The summed E-state index contributed by atoms with van der Waals surface area (Å²) in [6, 6.07) is 0. The van der Waals surface area contributed by atoms with Gasteiger partial charge in [-0.1, -0.05) is 18.6 Å². The van der Waals surface area contributed by atoms with Crippen LogP contribution in [0.25, 0.3) is 0 Å². The highest BCUT2D eigenvalue weighted by Gasteiger charge is 2.16. The molecular weight excluding hydrogens is 220 g/mol.